The molecule has 5 heteroatoms. The maximum atomic E-state index is 13.4. The molecular formula is C14H18F2O3. The van der Waals surface area contributed by atoms with Crippen molar-refractivity contribution in [2.75, 3.05) is 27.1 Å². The van der Waals surface area contributed by atoms with Crippen molar-refractivity contribution in [3.63, 3.8) is 0 Å². The number of alkyl halides is 2. The first-order valence-electron chi connectivity index (χ1n) is 6.16. The molecule has 0 N–H and O–H groups in total. The highest BCUT2D eigenvalue weighted by molar-refractivity contribution is 5.14. The first kappa shape index (κ1) is 14.4. The second-order valence-corrected chi connectivity index (χ2v) is 4.89. The third-order valence-corrected chi connectivity index (χ3v) is 3.28. The van der Waals surface area contributed by atoms with Crippen molar-refractivity contribution in [2.45, 2.75) is 19.0 Å². The highest BCUT2D eigenvalue weighted by Gasteiger charge is 2.71. The van der Waals surface area contributed by atoms with E-state index in [1.165, 1.54) is 7.11 Å². The van der Waals surface area contributed by atoms with Crippen molar-refractivity contribution in [3.8, 4) is 0 Å². The van der Waals surface area contributed by atoms with Gasteiger partial charge in [0.25, 0.3) is 5.92 Å². The molecule has 3 nitrogen and oxygen atoms in total. The second-order valence-electron chi connectivity index (χ2n) is 4.89. The molecule has 0 aliphatic heterocycles. The Morgan fingerprint density at radius 3 is 2.32 bits per heavy atom. The highest BCUT2D eigenvalue weighted by atomic mass is 19.3. The molecule has 19 heavy (non-hydrogen) atoms. The Balaban J connectivity index is 1.79. The largest absolute Gasteiger partial charge is 0.376 e. The van der Waals surface area contributed by atoms with Gasteiger partial charge in [-0.25, -0.2) is 8.78 Å². The van der Waals surface area contributed by atoms with Crippen molar-refractivity contribution < 1.29 is 23.0 Å². The smallest absolute Gasteiger partial charge is 0.259 e. The minimum atomic E-state index is -2.70. The zero-order valence-corrected chi connectivity index (χ0v) is 10.9. The van der Waals surface area contributed by atoms with Gasteiger partial charge in [0.15, 0.2) is 0 Å². The zero-order chi connectivity index (χ0) is 13.8. The van der Waals surface area contributed by atoms with Gasteiger partial charge in [0, 0.05) is 13.5 Å². The van der Waals surface area contributed by atoms with E-state index in [9.17, 15) is 8.78 Å². The molecule has 0 aromatic heterocycles. The SMILES string of the molecule is COCOC[C@]1(COCc2ccccc2)CC1(F)F. The Kier molecular flexibility index (Phi) is 4.50. The lowest BCUT2D eigenvalue weighted by Crippen LogP contribution is -2.25. The van der Waals surface area contributed by atoms with Crippen molar-refractivity contribution in [1.29, 1.82) is 0 Å². The molecule has 0 spiro atoms. The van der Waals surface area contributed by atoms with Crippen LogP contribution in [0, 0.1) is 5.41 Å². The molecule has 1 aromatic rings. The molecule has 0 radical (unpaired) electrons. The van der Waals surface area contributed by atoms with Crippen LogP contribution in [0.3, 0.4) is 0 Å². The number of hydrogen-bond acceptors (Lipinski definition) is 3. The van der Waals surface area contributed by atoms with Crippen LogP contribution >= 0.6 is 0 Å². The lowest BCUT2D eigenvalue weighted by molar-refractivity contribution is -0.0865. The van der Waals surface area contributed by atoms with Crippen molar-refractivity contribution in [2.24, 2.45) is 5.41 Å². The molecule has 0 unspecified atom stereocenters. The highest BCUT2D eigenvalue weighted by Crippen LogP contribution is 2.60. The van der Waals surface area contributed by atoms with E-state index in [1.807, 2.05) is 30.3 Å². The fraction of sp³-hybridized carbons (Fsp3) is 0.571. The fourth-order valence-electron chi connectivity index (χ4n) is 1.99. The van der Waals surface area contributed by atoms with Gasteiger partial charge in [-0.3, -0.25) is 0 Å². The Bertz CT molecular complexity index is 397. The summed E-state index contributed by atoms with van der Waals surface area (Å²) in [5, 5.41) is 0. The summed E-state index contributed by atoms with van der Waals surface area (Å²) in [5.74, 6) is -2.70. The van der Waals surface area contributed by atoms with E-state index < -0.39 is 11.3 Å². The molecule has 1 fully saturated rings. The summed E-state index contributed by atoms with van der Waals surface area (Å²) in [6, 6.07) is 9.49. The maximum Gasteiger partial charge on any atom is 0.259 e. The van der Waals surface area contributed by atoms with Crippen LogP contribution in [-0.4, -0.2) is 33.0 Å². The van der Waals surface area contributed by atoms with Gasteiger partial charge in [0.1, 0.15) is 6.79 Å². The Morgan fingerprint density at radius 1 is 1.11 bits per heavy atom. The number of rotatable bonds is 8. The number of halogens is 2. The number of methoxy groups -OCH3 is 1. The summed E-state index contributed by atoms with van der Waals surface area (Å²) in [5.41, 5.74) is -0.209. The molecule has 1 aliphatic carbocycles. The van der Waals surface area contributed by atoms with Gasteiger partial charge in [-0.05, 0) is 5.56 Å². The third-order valence-electron chi connectivity index (χ3n) is 3.28. The molecule has 1 atom stereocenters. The first-order chi connectivity index (χ1) is 9.10. The normalized spacial score (nSPS) is 24.4. The average molecular weight is 272 g/mol. The lowest BCUT2D eigenvalue weighted by Gasteiger charge is -2.16. The quantitative estimate of drug-likeness (QED) is 0.538. The molecule has 1 aromatic carbocycles. The summed E-state index contributed by atoms with van der Waals surface area (Å²) >= 11 is 0. The standard InChI is InChI=1S/C14H18F2O3/c1-17-11-19-10-13(8-14(13,15)16)9-18-7-12-5-3-2-4-6-12/h2-6H,7-11H2,1H3/t13-/m1/s1. The van der Waals surface area contributed by atoms with E-state index in [0.29, 0.717) is 6.61 Å². The van der Waals surface area contributed by atoms with E-state index in [1.54, 1.807) is 0 Å². The topological polar surface area (TPSA) is 27.7 Å². The minimum Gasteiger partial charge on any atom is -0.376 e. The van der Waals surface area contributed by atoms with Crippen LogP contribution in [-0.2, 0) is 20.8 Å². The summed E-state index contributed by atoms with van der Waals surface area (Å²) in [4.78, 5) is 0. The molecule has 2 rings (SSSR count). The number of hydrogen-bond donors (Lipinski definition) is 0. The van der Waals surface area contributed by atoms with Gasteiger partial charge < -0.3 is 14.2 Å². The fourth-order valence-corrected chi connectivity index (χ4v) is 1.99. The van der Waals surface area contributed by atoms with Gasteiger partial charge in [0.2, 0.25) is 0 Å². The van der Waals surface area contributed by atoms with E-state index in [4.69, 9.17) is 14.2 Å². The van der Waals surface area contributed by atoms with E-state index in [2.05, 4.69) is 0 Å². The Labute approximate surface area is 111 Å². The lowest BCUT2D eigenvalue weighted by atomic mass is 10.1. The van der Waals surface area contributed by atoms with Gasteiger partial charge in [-0.1, -0.05) is 30.3 Å². The summed E-state index contributed by atoms with van der Waals surface area (Å²) < 4.78 is 42.0. The summed E-state index contributed by atoms with van der Waals surface area (Å²) in [6.07, 6.45) is -0.182. The van der Waals surface area contributed by atoms with Gasteiger partial charge in [-0.2, -0.15) is 0 Å². The first-order valence-corrected chi connectivity index (χ1v) is 6.16. The van der Waals surface area contributed by atoms with Crippen molar-refractivity contribution in [1.82, 2.24) is 0 Å². The zero-order valence-electron chi connectivity index (χ0n) is 10.9. The van der Waals surface area contributed by atoms with E-state index in [-0.39, 0.29) is 26.4 Å². The monoisotopic (exact) mass is 272 g/mol. The number of ether oxygens (including phenoxy) is 3. The Morgan fingerprint density at radius 2 is 1.74 bits per heavy atom. The third kappa shape index (κ3) is 3.49. The van der Waals surface area contributed by atoms with E-state index >= 15 is 0 Å². The minimum absolute atomic E-state index is 0.00138. The predicted molar refractivity (Wildman–Crippen MR) is 65.9 cm³/mol. The van der Waals surface area contributed by atoms with E-state index in [0.717, 1.165) is 5.56 Å². The van der Waals surface area contributed by atoms with Gasteiger partial charge >= 0.3 is 0 Å². The van der Waals surface area contributed by atoms with Crippen LogP contribution < -0.4 is 0 Å². The molecule has 0 heterocycles. The average Bonchev–Trinajstić information content (AvgIpc) is 2.93. The van der Waals surface area contributed by atoms with Crippen molar-refractivity contribution >= 4 is 0 Å². The second kappa shape index (κ2) is 5.94. The molecule has 106 valence electrons. The van der Waals surface area contributed by atoms with Crippen LogP contribution in [0.5, 0.6) is 0 Å². The number of benzene rings is 1. The van der Waals surface area contributed by atoms with Crippen LogP contribution in [0.25, 0.3) is 0 Å². The van der Waals surface area contributed by atoms with Crippen LogP contribution in [0.15, 0.2) is 30.3 Å². The van der Waals surface area contributed by atoms with Crippen LogP contribution in [0.4, 0.5) is 8.78 Å². The molecular weight excluding hydrogens is 254 g/mol. The predicted octanol–water partition coefficient (Wildman–Crippen LogP) is 2.85. The molecule has 1 saturated carbocycles. The van der Waals surface area contributed by atoms with Gasteiger partial charge in [-0.15, -0.1) is 0 Å². The molecule has 0 amide bonds. The van der Waals surface area contributed by atoms with Crippen LogP contribution in [0.2, 0.25) is 0 Å². The van der Waals surface area contributed by atoms with Crippen LogP contribution in [0.1, 0.15) is 12.0 Å². The Hall–Kier alpha value is -1.04. The summed E-state index contributed by atoms with van der Waals surface area (Å²) in [7, 11) is 1.46. The van der Waals surface area contributed by atoms with Crippen molar-refractivity contribution in [3.05, 3.63) is 35.9 Å². The maximum absolute atomic E-state index is 13.4. The molecule has 0 saturated heterocycles. The molecule has 1 aliphatic rings. The summed E-state index contributed by atoms with van der Waals surface area (Å²) in [6.45, 7) is 0.320. The molecule has 0 bridgehead atoms. The van der Waals surface area contributed by atoms with Gasteiger partial charge in [0.05, 0.1) is 25.2 Å².